The number of ether oxygens (including phenoxy) is 1. The van der Waals surface area contributed by atoms with E-state index in [2.05, 4.69) is 73.2 Å². The van der Waals surface area contributed by atoms with Crippen LogP contribution in [-0.2, 0) is 11.2 Å². The molecule has 0 amide bonds. The minimum absolute atomic E-state index is 0.0413. The average molecular weight is 342 g/mol. The molecule has 0 saturated carbocycles. The highest BCUT2D eigenvalue weighted by Gasteiger charge is 2.13. The van der Waals surface area contributed by atoms with Gasteiger partial charge in [-0.3, -0.25) is 0 Å². The van der Waals surface area contributed by atoms with Crippen molar-refractivity contribution in [3.05, 3.63) is 34.3 Å². The van der Waals surface area contributed by atoms with Gasteiger partial charge in [-0.05, 0) is 70.3 Å². The lowest BCUT2D eigenvalue weighted by Gasteiger charge is -2.23. The highest BCUT2D eigenvalue weighted by atomic mass is 79.9. The fraction of sp³-hybridized carbons (Fsp3) is 0.647. The van der Waals surface area contributed by atoms with Gasteiger partial charge in [0.05, 0.1) is 5.60 Å². The Hall–Kier alpha value is -0.380. The summed E-state index contributed by atoms with van der Waals surface area (Å²) in [5.41, 5.74) is 1.35. The summed E-state index contributed by atoms with van der Waals surface area (Å²) >= 11 is 3.49. The van der Waals surface area contributed by atoms with E-state index in [0.29, 0.717) is 5.92 Å². The maximum absolute atomic E-state index is 5.86. The molecule has 0 heterocycles. The van der Waals surface area contributed by atoms with Gasteiger partial charge in [-0.1, -0.05) is 35.0 Å². The Morgan fingerprint density at radius 2 is 1.85 bits per heavy atom. The van der Waals surface area contributed by atoms with Crippen molar-refractivity contribution in [1.29, 1.82) is 0 Å². The Labute approximate surface area is 132 Å². The second-order valence-corrected chi connectivity index (χ2v) is 7.17. The summed E-state index contributed by atoms with van der Waals surface area (Å²) in [5, 5.41) is 3.46. The molecule has 2 nitrogen and oxygen atoms in total. The van der Waals surface area contributed by atoms with Crippen molar-refractivity contribution >= 4 is 15.9 Å². The minimum atomic E-state index is -0.0413. The van der Waals surface area contributed by atoms with Gasteiger partial charge in [0, 0.05) is 11.1 Å². The molecule has 1 rings (SSSR count). The van der Waals surface area contributed by atoms with Crippen LogP contribution in [0.25, 0.3) is 0 Å². The molecule has 0 bridgehead atoms. The lowest BCUT2D eigenvalue weighted by Crippen LogP contribution is -2.27. The standard InChI is InChI=1S/C17H28BrNO/c1-5-19-13-15(10-11-20-17(2,3)4)12-14-6-8-16(18)9-7-14/h6-9,15,19H,5,10-13H2,1-4H3. The second-order valence-electron chi connectivity index (χ2n) is 6.25. The molecule has 1 aromatic carbocycles. The van der Waals surface area contributed by atoms with Crippen molar-refractivity contribution in [2.45, 2.75) is 46.1 Å². The number of nitrogens with one attached hydrogen (secondary N) is 1. The first-order valence-electron chi connectivity index (χ1n) is 7.50. The molecule has 0 aromatic heterocycles. The van der Waals surface area contributed by atoms with Crippen LogP contribution in [0, 0.1) is 5.92 Å². The number of rotatable bonds is 8. The van der Waals surface area contributed by atoms with Crippen LogP contribution in [-0.4, -0.2) is 25.3 Å². The zero-order valence-electron chi connectivity index (χ0n) is 13.2. The van der Waals surface area contributed by atoms with Crippen molar-refractivity contribution in [3.8, 4) is 0 Å². The second kappa shape index (κ2) is 8.81. The number of hydrogen-bond acceptors (Lipinski definition) is 2. The highest BCUT2D eigenvalue weighted by Crippen LogP contribution is 2.17. The molecule has 20 heavy (non-hydrogen) atoms. The Kier molecular flexibility index (Phi) is 7.78. The molecule has 0 spiro atoms. The van der Waals surface area contributed by atoms with E-state index in [1.807, 2.05) is 0 Å². The van der Waals surface area contributed by atoms with E-state index in [1.165, 1.54) is 5.56 Å². The third kappa shape index (κ3) is 8.03. The molecular formula is C17H28BrNO. The van der Waals surface area contributed by atoms with E-state index in [-0.39, 0.29) is 5.60 Å². The van der Waals surface area contributed by atoms with E-state index in [4.69, 9.17) is 4.74 Å². The lowest BCUT2D eigenvalue weighted by atomic mass is 9.96. The third-order valence-corrected chi connectivity index (χ3v) is 3.71. The van der Waals surface area contributed by atoms with Crippen molar-refractivity contribution in [2.75, 3.05) is 19.7 Å². The first kappa shape index (κ1) is 17.7. The summed E-state index contributed by atoms with van der Waals surface area (Å²) in [6.07, 6.45) is 2.20. The predicted molar refractivity (Wildman–Crippen MR) is 90.2 cm³/mol. The maximum Gasteiger partial charge on any atom is 0.0598 e. The van der Waals surface area contributed by atoms with E-state index in [0.717, 1.165) is 37.0 Å². The third-order valence-electron chi connectivity index (χ3n) is 3.18. The number of benzene rings is 1. The van der Waals surface area contributed by atoms with Gasteiger partial charge in [0.1, 0.15) is 0 Å². The fourth-order valence-corrected chi connectivity index (χ4v) is 2.37. The molecular weight excluding hydrogens is 314 g/mol. The Morgan fingerprint density at radius 3 is 2.40 bits per heavy atom. The molecule has 1 aromatic rings. The van der Waals surface area contributed by atoms with Gasteiger partial charge in [0.25, 0.3) is 0 Å². The number of halogens is 1. The van der Waals surface area contributed by atoms with Crippen LogP contribution in [0.15, 0.2) is 28.7 Å². The maximum atomic E-state index is 5.86. The summed E-state index contributed by atoms with van der Waals surface area (Å²) in [6, 6.07) is 8.64. The predicted octanol–water partition coefficient (Wildman–Crippen LogP) is 4.42. The quantitative estimate of drug-likeness (QED) is 0.755. The van der Waals surface area contributed by atoms with Gasteiger partial charge >= 0.3 is 0 Å². The van der Waals surface area contributed by atoms with Crippen LogP contribution in [0.3, 0.4) is 0 Å². The molecule has 114 valence electrons. The topological polar surface area (TPSA) is 21.3 Å². The van der Waals surface area contributed by atoms with E-state index < -0.39 is 0 Å². The highest BCUT2D eigenvalue weighted by molar-refractivity contribution is 9.10. The van der Waals surface area contributed by atoms with E-state index in [9.17, 15) is 0 Å². The van der Waals surface area contributed by atoms with E-state index in [1.54, 1.807) is 0 Å². The van der Waals surface area contributed by atoms with Crippen molar-refractivity contribution in [3.63, 3.8) is 0 Å². The van der Waals surface area contributed by atoms with Crippen molar-refractivity contribution in [2.24, 2.45) is 5.92 Å². The van der Waals surface area contributed by atoms with Gasteiger partial charge in [0.2, 0.25) is 0 Å². The summed E-state index contributed by atoms with van der Waals surface area (Å²) in [5.74, 6) is 0.624. The Balaban J connectivity index is 2.48. The molecule has 0 fully saturated rings. The van der Waals surface area contributed by atoms with E-state index >= 15 is 0 Å². The van der Waals surface area contributed by atoms with Gasteiger partial charge in [-0.25, -0.2) is 0 Å². The van der Waals surface area contributed by atoms with Gasteiger partial charge in [-0.15, -0.1) is 0 Å². The Morgan fingerprint density at radius 1 is 1.20 bits per heavy atom. The van der Waals surface area contributed by atoms with Crippen molar-refractivity contribution in [1.82, 2.24) is 5.32 Å². The zero-order valence-corrected chi connectivity index (χ0v) is 14.8. The SMILES string of the molecule is CCNCC(CCOC(C)(C)C)Cc1ccc(Br)cc1. The molecule has 0 aliphatic carbocycles. The average Bonchev–Trinajstić information content (AvgIpc) is 2.37. The molecule has 1 N–H and O–H groups in total. The first-order valence-corrected chi connectivity index (χ1v) is 8.29. The van der Waals surface area contributed by atoms with Crippen LogP contribution >= 0.6 is 15.9 Å². The summed E-state index contributed by atoms with van der Waals surface area (Å²) < 4.78 is 7.00. The van der Waals surface area contributed by atoms with Gasteiger partial charge in [0.15, 0.2) is 0 Å². The normalized spacial score (nSPS) is 13.4. The summed E-state index contributed by atoms with van der Waals surface area (Å²) in [6.45, 7) is 11.4. The smallest absolute Gasteiger partial charge is 0.0598 e. The van der Waals surface area contributed by atoms with Crippen LogP contribution in [0.1, 0.15) is 39.7 Å². The molecule has 0 radical (unpaired) electrons. The van der Waals surface area contributed by atoms with Gasteiger partial charge in [-0.2, -0.15) is 0 Å². The van der Waals surface area contributed by atoms with Crippen molar-refractivity contribution < 1.29 is 4.74 Å². The Bertz CT molecular complexity index is 370. The van der Waals surface area contributed by atoms with Gasteiger partial charge < -0.3 is 10.1 Å². The monoisotopic (exact) mass is 341 g/mol. The van der Waals surface area contributed by atoms with Crippen LogP contribution < -0.4 is 5.32 Å². The van der Waals surface area contributed by atoms with Crippen LogP contribution in [0.4, 0.5) is 0 Å². The van der Waals surface area contributed by atoms with Crippen LogP contribution in [0.2, 0.25) is 0 Å². The summed E-state index contributed by atoms with van der Waals surface area (Å²) in [4.78, 5) is 0. The summed E-state index contributed by atoms with van der Waals surface area (Å²) in [7, 11) is 0. The molecule has 1 unspecified atom stereocenters. The molecule has 0 aliphatic rings. The zero-order chi connectivity index (χ0) is 15.0. The molecule has 1 atom stereocenters. The fourth-order valence-electron chi connectivity index (χ4n) is 2.11. The molecule has 0 saturated heterocycles. The largest absolute Gasteiger partial charge is 0.376 e. The number of hydrogen-bond donors (Lipinski definition) is 1. The molecule has 0 aliphatic heterocycles. The van der Waals surface area contributed by atoms with Crippen LogP contribution in [0.5, 0.6) is 0 Å². The molecule has 3 heteroatoms. The first-order chi connectivity index (χ1) is 9.40. The minimum Gasteiger partial charge on any atom is -0.376 e. The lowest BCUT2D eigenvalue weighted by molar-refractivity contribution is -0.00918.